The van der Waals surface area contributed by atoms with Gasteiger partial charge >= 0.3 is 0 Å². The minimum atomic E-state index is -0.266. The summed E-state index contributed by atoms with van der Waals surface area (Å²) in [4.78, 5) is 0. The average Bonchev–Trinajstić information content (AvgIpc) is 3.19. The number of benzene rings is 1. The van der Waals surface area contributed by atoms with Crippen LogP contribution in [-0.2, 0) is 5.54 Å². The van der Waals surface area contributed by atoms with Gasteiger partial charge in [-0.3, -0.25) is 0 Å². The van der Waals surface area contributed by atoms with Gasteiger partial charge in [-0.2, -0.15) is 0 Å². The summed E-state index contributed by atoms with van der Waals surface area (Å²) >= 11 is 0. The van der Waals surface area contributed by atoms with E-state index in [2.05, 4.69) is 43.4 Å². The monoisotopic (exact) mass is 247 g/mol. The molecule has 18 heavy (non-hydrogen) atoms. The van der Waals surface area contributed by atoms with E-state index in [0.717, 1.165) is 18.9 Å². The molecule has 2 rings (SSSR count). The number of aliphatic hydroxyl groups excluding tert-OH is 1. The van der Waals surface area contributed by atoms with Crippen LogP contribution in [0.3, 0.4) is 0 Å². The highest BCUT2D eigenvalue weighted by molar-refractivity contribution is 5.25. The van der Waals surface area contributed by atoms with Crippen LogP contribution in [0.2, 0.25) is 0 Å². The molecule has 0 bridgehead atoms. The predicted molar refractivity (Wildman–Crippen MR) is 75.4 cm³/mol. The first-order valence-electron chi connectivity index (χ1n) is 7.08. The lowest BCUT2D eigenvalue weighted by atomic mass is 9.82. The Morgan fingerprint density at radius 1 is 1.28 bits per heavy atom. The van der Waals surface area contributed by atoms with Gasteiger partial charge in [0.05, 0.1) is 12.1 Å². The summed E-state index contributed by atoms with van der Waals surface area (Å²) in [6.07, 6.45) is 3.65. The first kappa shape index (κ1) is 13.6. The normalized spacial score (nSPS) is 18.9. The minimum Gasteiger partial charge on any atom is -0.394 e. The van der Waals surface area contributed by atoms with Crippen LogP contribution < -0.4 is 5.32 Å². The molecule has 2 nitrogen and oxygen atoms in total. The van der Waals surface area contributed by atoms with Crippen LogP contribution >= 0.6 is 0 Å². The van der Waals surface area contributed by atoms with E-state index in [4.69, 9.17) is 0 Å². The van der Waals surface area contributed by atoms with E-state index in [1.165, 1.54) is 18.4 Å². The van der Waals surface area contributed by atoms with Crippen LogP contribution in [-0.4, -0.2) is 18.3 Å². The van der Waals surface area contributed by atoms with Crippen LogP contribution in [0.25, 0.3) is 0 Å². The number of hydrogen-bond donors (Lipinski definition) is 2. The van der Waals surface area contributed by atoms with E-state index in [0.29, 0.717) is 5.92 Å². The van der Waals surface area contributed by atoms with Crippen molar-refractivity contribution in [2.24, 2.45) is 11.8 Å². The maximum absolute atomic E-state index is 9.95. The van der Waals surface area contributed by atoms with E-state index in [9.17, 15) is 5.11 Å². The topological polar surface area (TPSA) is 32.3 Å². The summed E-state index contributed by atoms with van der Waals surface area (Å²) in [7, 11) is 0. The molecular formula is C16H25NO. The molecule has 0 heterocycles. The van der Waals surface area contributed by atoms with Crippen LogP contribution in [0.5, 0.6) is 0 Å². The van der Waals surface area contributed by atoms with Gasteiger partial charge in [-0.1, -0.05) is 44.2 Å². The predicted octanol–water partition coefficient (Wildman–Crippen LogP) is 2.92. The molecule has 2 N–H and O–H groups in total. The van der Waals surface area contributed by atoms with Gasteiger partial charge < -0.3 is 10.4 Å². The van der Waals surface area contributed by atoms with Crippen LogP contribution in [0.15, 0.2) is 30.3 Å². The lowest BCUT2D eigenvalue weighted by molar-refractivity contribution is 0.136. The third-order valence-corrected chi connectivity index (χ3v) is 3.78. The third-order valence-electron chi connectivity index (χ3n) is 3.78. The van der Waals surface area contributed by atoms with Crippen molar-refractivity contribution in [2.45, 2.75) is 38.6 Å². The molecule has 1 aliphatic carbocycles. The smallest absolute Gasteiger partial charge is 0.0671 e. The van der Waals surface area contributed by atoms with Crippen molar-refractivity contribution >= 4 is 0 Å². The largest absolute Gasteiger partial charge is 0.394 e. The molecule has 1 unspecified atom stereocenters. The van der Waals surface area contributed by atoms with Crippen LogP contribution in [0, 0.1) is 11.8 Å². The zero-order valence-corrected chi connectivity index (χ0v) is 11.5. The molecule has 1 saturated carbocycles. The van der Waals surface area contributed by atoms with Crippen molar-refractivity contribution < 1.29 is 5.11 Å². The maximum Gasteiger partial charge on any atom is 0.0671 e. The Kier molecular flexibility index (Phi) is 4.41. The highest BCUT2D eigenvalue weighted by atomic mass is 16.3. The molecule has 1 aromatic carbocycles. The first-order chi connectivity index (χ1) is 8.66. The Morgan fingerprint density at radius 3 is 2.44 bits per heavy atom. The molecule has 1 aromatic rings. The van der Waals surface area contributed by atoms with Gasteiger partial charge in [0.15, 0.2) is 0 Å². The molecule has 0 spiro atoms. The van der Waals surface area contributed by atoms with Gasteiger partial charge in [-0.05, 0) is 43.2 Å². The molecular weight excluding hydrogens is 222 g/mol. The molecule has 2 heteroatoms. The Hall–Kier alpha value is -0.860. The molecule has 100 valence electrons. The molecule has 0 aromatic heterocycles. The molecule has 0 radical (unpaired) electrons. The SMILES string of the molecule is CC(C)CC(CO)(NCC1CC1)c1ccccc1. The standard InChI is InChI=1S/C16H25NO/c1-13(2)10-16(12-18,17-11-14-8-9-14)15-6-4-3-5-7-15/h3-7,13-14,17-18H,8-12H2,1-2H3. The van der Waals surface area contributed by atoms with E-state index >= 15 is 0 Å². The van der Waals surface area contributed by atoms with Crippen molar-refractivity contribution in [1.29, 1.82) is 0 Å². The highest BCUT2D eigenvalue weighted by Gasteiger charge is 2.34. The average molecular weight is 247 g/mol. The Balaban J connectivity index is 2.17. The van der Waals surface area contributed by atoms with Gasteiger partial charge in [-0.25, -0.2) is 0 Å². The quantitative estimate of drug-likeness (QED) is 0.776. The lowest BCUT2D eigenvalue weighted by Crippen LogP contribution is -2.47. The van der Waals surface area contributed by atoms with Crippen molar-refractivity contribution in [3.8, 4) is 0 Å². The second-order valence-electron chi connectivity index (χ2n) is 6.03. The summed E-state index contributed by atoms with van der Waals surface area (Å²) in [6.45, 7) is 5.63. The van der Waals surface area contributed by atoms with E-state index in [-0.39, 0.29) is 12.1 Å². The molecule has 0 saturated heterocycles. The second kappa shape index (κ2) is 5.85. The van der Waals surface area contributed by atoms with Crippen molar-refractivity contribution in [3.63, 3.8) is 0 Å². The Bertz CT molecular complexity index is 359. The highest BCUT2D eigenvalue weighted by Crippen LogP contribution is 2.32. The maximum atomic E-state index is 9.95. The molecule has 0 aliphatic heterocycles. The van der Waals surface area contributed by atoms with Crippen molar-refractivity contribution in [3.05, 3.63) is 35.9 Å². The molecule has 1 atom stereocenters. The zero-order valence-electron chi connectivity index (χ0n) is 11.5. The van der Waals surface area contributed by atoms with E-state index in [1.807, 2.05) is 6.07 Å². The summed E-state index contributed by atoms with van der Waals surface area (Å²) in [6, 6.07) is 10.4. The fraction of sp³-hybridized carbons (Fsp3) is 0.625. The van der Waals surface area contributed by atoms with Gasteiger partial charge in [0, 0.05) is 0 Å². The van der Waals surface area contributed by atoms with Crippen molar-refractivity contribution in [2.75, 3.05) is 13.2 Å². The van der Waals surface area contributed by atoms with Crippen molar-refractivity contribution in [1.82, 2.24) is 5.32 Å². The first-order valence-corrected chi connectivity index (χ1v) is 7.08. The fourth-order valence-corrected chi connectivity index (χ4v) is 2.62. The second-order valence-corrected chi connectivity index (χ2v) is 6.03. The summed E-state index contributed by atoms with van der Waals surface area (Å²) < 4.78 is 0. The number of aliphatic hydroxyl groups is 1. The Morgan fingerprint density at radius 2 is 1.94 bits per heavy atom. The van der Waals surface area contributed by atoms with Gasteiger partial charge in [0.2, 0.25) is 0 Å². The number of nitrogens with one attached hydrogen (secondary N) is 1. The van der Waals surface area contributed by atoms with E-state index < -0.39 is 0 Å². The number of hydrogen-bond acceptors (Lipinski definition) is 2. The van der Waals surface area contributed by atoms with Gasteiger partial charge in [0.1, 0.15) is 0 Å². The number of rotatable bonds is 7. The lowest BCUT2D eigenvalue weighted by Gasteiger charge is -2.35. The van der Waals surface area contributed by atoms with Crippen LogP contribution in [0.1, 0.15) is 38.7 Å². The van der Waals surface area contributed by atoms with E-state index in [1.54, 1.807) is 0 Å². The summed E-state index contributed by atoms with van der Waals surface area (Å²) in [5.74, 6) is 1.39. The summed E-state index contributed by atoms with van der Waals surface area (Å²) in [5.41, 5.74) is 0.944. The molecule has 1 aliphatic rings. The molecule has 1 fully saturated rings. The summed E-state index contributed by atoms with van der Waals surface area (Å²) in [5, 5.41) is 13.6. The minimum absolute atomic E-state index is 0.169. The van der Waals surface area contributed by atoms with Gasteiger partial charge in [-0.15, -0.1) is 0 Å². The van der Waals surface area contributed by atoms with Gasteiger partial charge in [0.25, 0.3) is 0 Å². The Labute approximate surface area is 110 Å². The molecule has 0 amide bonds. The third kappa shape index (κ3) is 3.33. The zero-order chi connectivity index (χ0) is 13.0. The fourth-order valence-electron chi connectivity index (χ4n) is 2.62. The van der Waals surface area contributed by atoms with Crippen LogP contribution in [0.4, 0.5) is 0 Å².